The fourth-order valence-corrected chi connectivity index (χ4v) is 2.42. The summed E-state index contributed by atoms with van der Waals surface area (Å²) in [6.45, 7) is 7.32. The third-order valence-corrected chi connectivity index (χ3v) is 3.65. The van der Waals surface area contributed by atoms with Crippen LogP contribution in [0.15, 0.2) is 18.2 Å². The van der Waals surface area contributed by atoms with Gasteiger partial charge in [0.25, 0.3) is 0 Å². The number of nitrogens with one attached hydrogen (secondary N) is 1. The third-order valence-electron chi connectivity index (χ3n) is 3.65. The molecule has 104 valence electrons. The van der Waals surface area contributed by atoms with Crippen molar-refractivity contribution >= 4 is 0 Å². The quantitative estimate of drug-likeness (QED) is 0.820. The molecule has 1 aromatic carbocycles. The normalized spacial score (nSPS) is 19.8. The van der Waals surface area contributed by atoms with Crippen LogP contribution < -0.4 is 14.8 Å². The van der Waals surface area contributed by atoms with Gasteiger partial charge in [-0.15, -0.1) is 0 Å². The Balaban J connectivity index is 1.47. The summed E-state index contributed by atoms with van der Waals surface area (Å²) in [5, 5.41) is 3.50. The standard InChI is InChI=1S/C15H21NO3/c1-15(10-17-11-15)9-16-5-4-12-2-3-13-14(8-12)19-7-6-18-13/h2-3,8,16H,4-7,9-11H2,1H3. The van der Waals surface area contributed by atoms with Crippen molar-refractivity contribution in [1.82, 2.24) is 5.32 Å². The summed E-state index contributed by atoms with van der Waals surface area (Å²) in [7, 11) is 0. The molecule has 1 aromatic rings. The lowest BCUT2D eigenvalue weighted by Crippen LogP contribution is -2.47. The van der Waals surface area contributed by atoms with E-state index in [0.717, 1.165) is 44.2 Å². The summed E-state index contributed by atoms with van der Waals surface area (Å²) in [4.78, 5) is 0. The average molecular weight is 263 g/mol. The summed E-state index contributed by atoms with van der Waals surface area (Å²) in [6, 6.07) is 6.21. The molecule has 2 aliphatic rings. The molecule has 0 atom stereocenters. The number of hydrogen-bond donors (Lipinski definition) is 1. The first-order chi connectivity index (χ1) is 9.25. The van der Waals surface area contributed by atoms with Crippen LogP contribution in [0.1, 0.15) is 12.5 Å². The summed E-state index contributed by atoms with van der Waals surface area (Å²) in [5.41, 5.74) is 1.62. The predicted molar refractivity (Wildman–Crippen MR) is 72.9 cm³/mol. The van der Waals surface area contributed by atoms with E-state index in [4.69, 9.17) is 14.2 Å². The zero-order valence-corrected chi connectivity index (χ0v) is 11.4. The zero-order valence-electron chi connectivity index (χ0n) is 11.4. The van der Waals surface area contributed by atoms with Crippen LogP contribution in [-0.4, -0.2) is 39.5 Å². The summed E-state index contributed by atoms with van der Waals surface area (Å²) in [5.74, 6) is 1.74. The first-order valence-electron chi connectivity index (χ1n) is 6.92. The Bertz CT molecular complexity index is 443. The first-order valence-corrected chi connectivity index (χ1v) is 6.92. The number of hydrogen-bond acceptors (Lipinski definition) is 4. The van der Waals surface area contributed by atoms with Gasteiger partial charge < -0.3 is 19.5 Å². The number of benzene rings is 1. The van der Waals surface area contributed by atoms with Crippen LogP contribution in [0, 0.1) is 5.41 Å². The van der Waals surface area contributed by atoms with Gasteiger partial charge in [-0.1, -0.05) is 13.0 Å². The lowest BCUT2D eigenvalue weighted by Gasteiger charge is -2.38. The minimum atomic E-state index is 0.340. The van der Waals surface area contributed by atoms with E-state index in [-0.39, 0.29) is 0 Å². The van der Waals surface area contributed by atoms with E-state index in [2.05, 4.69) is 24.4 Å². The molecule has 0 spiro atoms. The van der Waals surface area contributed by atoms with Gasteiger partial charge in [0.15, 0.2) is 11.5 Å². The second-order valence-electron chi connectivity index (χ2n) is 5.71. The molecule has 2 heterocycles. The monoisotopic (exact) mass is 263 g/mol. The molecule has 3 rings (SSSR count). The highest BCUT2D eigenvalue weighted by atomic mass is 16.6. The van der Waals surface area contributed by atoms with E-state index in [9.17, 15) is 0 Å². The molecule has 0 saturated carbocycles. The second kappa shape index (κ2) is 5.39. The van der Waals surface area contributed by atoms with E-state index >= 15 is 0 Å². The minimum Gasteiger partial charge on any atom is -0.486 e. The summed E-state index contributed by atoms with van der Waals surface area (Å²) >= 11 is 0. The molecule has 1 saturated heterocycles. The van der Waals surface area contributed by atoms with Gasteiger partial charge in [0, 0.05) is 12.0 Å². The van der Waals surface area contributed by atoms with Crippen LogP contribution in [0.3, 0.4) is 0 Å². The van der Waals surface area contributed by atoms with E-state index in [1.165, 1.54) is 5.56 Å². The molecule has 0 aliphatic carbocycles. The van der Waals surface area contributed by atoms with Crippen molar-refractivity contribution in [2.24, 2.45) is 5.41 Å². The van der Waals surface area contributed by atoms with Crippen molar-refractivity contribution in [2.75, 3.05) is 39.5 Å². The van der Waals surface area contributed by atoms with Crippen LogP contribution in [0.2, 0.25) is 0 Å². The van der Waals surface area contributed by atoms with Crippen LogP contribution in [0.25, 0.3) is 0 Å². The fourth-order valence-electron chi connectivity index (χ4n) is 2.42. The molecule has 0 radical (unpaired) electrons. The SMILES string of the molecule is CC1(CNCCc2ccc3c(c2)OCCO3)COC1. The van der Waals surface area contributed by atoms with Crippen LogP contribution in [-0.2, 0) is 11.2 Å². The lowest BCUT2D eigenvalue weighted by atomic mass is 9.89. The van der Waals surface area contributed by atoms with Gasteiger partial charge in [-0.2, -0.15) is 0 Å². The van der Waals surface area contributed by atoms with E-state index < -0.39 is 0 Å². The van der Waals surface area contributed by atoms with Gasteiger partial charge in [0.2, 0.25) is 0 Å². The molecule has 4 nitrogen and oxygen atoms in total. The highest BCUT2D eigenvalue weighted by molar-refractivity contribution is 5.43. The molecular formula is C15H21NO3. The Hall–Kier alpha value is -1.26. The Morgan fingerprint density at radius 3 is 2.68 bits per heavy atom. The van der Waals surface area contributed by atoms with Crippen molar-refractivity contribution in [1.29, 1.82) is 0 Å². The van der Waals surface area contributed by atoms with E-state index in [0.29, 0.717) is 18.6 Å². The van der Waals surface area contributed by atoms with Gasteiger partial charge in [0.1, 0.15) is 13.2 Å². The first kappa shape index (κ1) is 12.8. The average Bonchev–Trinajstić information content (AvgIpc) is 2.41. The highest BCUT2D eigenvalue weighted by Crippen LogP contribution is 2.30. The molecule has 2 aliphatic heterocycles. The maximum Gasteiger partial charge on any atom is 0.161 e. The Labute approximate surface area is 114 Å². The second-order valence-corrected chi connectivity index (χ2v) is 5.71. The Kier molecular flexibility index (Phi) is 3.62. The topological polar surface area (TPSA) is 39.7 Å². The molecule has 4 heteroatoms. The molecular weight excluding hydrogens is 242 g/mol. The van der Waals surface area contributed by atoms with Crippen LogP contribution in [0.4, 0.5) is 0 Å². The van der Waals surface area contributed by atoms with E-state index in [1.54, 1.807) is 0 Å². The number of rotatable bonds is 5. The van der Waals surface area contributed by atoms with E-state index in [1.807, 2.05) is 6.07 Å². The van der Waals surface area contributed by atoms with Crippen molar-refractivity contribution in [3.63, 3.8) is 0 Å². The minimum absolute atomic E-state index is 0.340. The maximum atomic E-state index is 5.59. The molecule has 1 fully saturated rings. The molecule has 1 N–H and O–H groups in total. The zero-order chi connectivity index (χ0) is 13.1. The van der Waals surface area contributed by atoms with Crippen LogP contribution >= 0.6 is 0 Å². The maximum absolute atomic E-state index is 5.59. The number of ether oxygens (including phenoxy) is 3. The van der Waals surface area contributed by atoms with Gasteiger partial charge in [-0.3, -0.25) is 0 Å². The summed E-state index contributed by atoms with van der Waals surface area (Å²) < 4.78 is 16.4. The lowest BCUT2D eigenvalue weighted by molar-refractivity contribution is -0.0988. The molecule has 0 amide bonds. The Morgan fingerprint density at radius 1 is 1.16 bits per heavy atom. The van der Waals surface area contributed by atoms with Crippen molar-refractivity contribution in [2.45, 2.75) is 13.3 Å². The molecule has 0 aromatic heterocycles. The van der Waals surface area contributed by atoms with Crippen molar-refractivity contribution < 1.29 is 14.2 Å². The smallest absolute Gasteiger partial charge is 0.161 e. The number of fused-ring (bicyclic) bond motifs is 1. The summed E-state index contributed by atoms with van der Waals surface area (Å²) in [6.07, 6.45) is 1.01. The highest BCUT2D eigenvalue weighted by Gasteiger charge is 2.32. The third kappa shape index (κ3) is 3.01. The Morgan fingerprint density at radius 2 is 1.95 bits per heavy atom. The molecule has 0 bridgehead atoms. The van der Waals surface area contributed by atoms with Crippen LogP contribution in [0.5, 0.6) is 11.5 Å². The molecule has 19 heavy (non-hydrogen) atoms. The van der Waals surface area contributed by atoms with Crippen molar-refractivity contribution in [3.8, 4) is 11.5 Å². The largest absolute Gasteiger partial charge is 0.486 e. The predicted octanol–water partition coefficient (Wildman–Crippen LogP) is 1.63. The van der Waals surface area contributed by atoms with Crippen molar-refractivity contribution in [3.05, 3.63) is 23.8 Å². The fraction of sp³-hybridized carbons (Fsp3) is 0.600. The van der Waals surface area contributed by atoms with Gasteiger partial charge >= 0.3 is 0 Å². The van der Waals surface area contributed by atoms with Gasteiger partial charge in [-0.25, -0.2) is 0 Å². The van der Waals surface area contributed by atoms with Gasteiger partial charge in [0.05, 0.1) is 13.2 Å². The van der Waals surface area contributed by atoms with Gasteiger partial charge in [-0.05, 0) is 30.7 Å². The molecule has 0 unspecified atom stereocenters.